The van der Waals surface area contributed by atoms with Gasteiger partial charge in [0.25, 0.3) is 5.69 Å². The zero-order valence-electron chi connectivity index (χ0n) is 10.9. The number of alkyl halides is 3. The van der Waals surface area contributed by atoms with E-state index in [2.05, 4.69) is 15.9 Å². The number of anilines is 1. The molecule has 0 aliphatic carbocycles. The Morgan fingerprint density at radius 2 is 1.86 bits per heavy atom. The molecule has 116 valence electrons. The van der Waals surface area contributed by atoms with Crippen LogP contribution in [0.3, 0.4) is 0 Å². The summed E-state index contributed by atoms with van der Waals surface area (Å²) >= 11 is 3.28. The summed E-state index contributed by atoms with van der Waals surface area (Å²) in [6, 6.07) is 4.64. The molecule has 21 heavy (non-hydrogen) atoms. The van der Waals surface area contributed by atoms with Gasteiger partial charge in [-0.05, 0) is 22.0 Å². The first-order valence-corrected chi connectivity index (χ1v) is 7.04. The third-order valence-electron chi connectivity index (χ3n) is 3.25. The molecule has 0 amide bonds. The van der Waals surface area contributed by atoms with Crippen LogP contribution in [0.4, 0.5) is 24.5 Å². The van der Waals surface area contributed by atoms with Gasteiger partial charge >= 0.3 is 6.18 Å². The summed E-state index contributed by atoms with van der Waals surface area (Å²) in [4.78, 5) is 13.6. The van der Waals surface area contributed by atoms with Crippen molar-refractivity contribution in [2.75, 3.05) is 37.6 Å². The number of benzene rings is 1. The summed E-state index contributed by atoms with van der Waals surface area (Å²) in [5.74, 6) is 0. The molecule has 5 nitrogen and oxygen atoms in total. The van der Waals surface area contributed by atoms with Crippen molar-refractivity contribution >= 4 is 27.3 Å². The average Bonchev–Trinajstić information content (AvgIpc) is 2.37. The Labute approximate surface area is 127 Å². The number of halogens is 4. The standard InChI is InChI=1S/C12H13BrF3N3O2/c13-9-2-1-3-10(19(20)21)11(9)18-6-4-17(5-7-18)8-12(14,15)16/h1-3H,4-8H2. The number of hydrogen-bond donors (Lipinski definition) is 0. The van der Waals surface area contributed by atoms with Gasteiger partial charge in [-0.1, -0.05) is 6.07 Å². The molecule has 1 aromatic carbocycles. The van der Waals surface area contributed by atoms with E-state index in [0.29, 0.717) is 23.2 Å². The van der Waals surface area contributed by atoms with Crippen LogP contribution in [-0.2, 0) is 0 Å². The van der Waals surface area contributed by atoms with E-state index >= 15 is 0 Å². The number of nitro groups is 1. The Morgan fingerprint density at radius 1 is 1.24 bits per heavy atom. The van der Waals surface area contributed by atoms with Crippen molar-refractivity contribution in [1.82, 2.24) is 4.90 Å². The van der Waals surface area contributed by atoms with Crippen molar-refractivity contribution in [3.05, 3.63) is 32.8 Å². The number of piperazine rings is 1. The van der Waals surface area contributed by atoms with Crippen LogP contribution in [0.1, 0.15) is 0 Å². The molecule has 0 spiro atoms. The largest absolute Gasteiger partial charge is 0.401 e. The number of hydrogen-bond acceptors (Lipinski definition) is 4. The zero-order valence-corrected chi connectivity index (χ0v) is 12.5. The molecule has 1 fully saturated rings. The van der Waals surface area contributed by atoms with Gasteiger partial charge in [0.2, 0.25) is 0 Å². The quantitative estimate of drug-likeness (QED) is 0.608. The van der Waals surface area contributed by atoms with Crippen LogP contribution in [0.25, 0.3) is 0 Å². The highest BCUT2D eigenvalue weighted by Crippen LogP contribution is 2.36. The normalized spacial score (nSPS) is 17.0. The molecule has 9 heteroatoms. The van der Waals surface area contributed by atoms with Crippen molar-refractivity contribution in [3.8, 4) is 0 Å². The van der Waals surface area contributed by atoms with Crippen molar-refractivity contribution in [1.29, 1.82) is 0 Å². The lowest BCUT2D eigenvalue weighted by atomic mass is 10.2. The Kier molecular flexibility index (Phi) is 4.72. The molecule has 0 aromatic heterocycles. The molecular weight excluding hydrogens is 355 g/mol. The average molecular weight is 368 g/mol. The maximum atomic E-state index is 12.3. The lowest BCUT2D eigenvalue weighted by Gasteiger charge is -2.36. The summed E-state index contributed by atoms with van der Waals surface area (Å²) in [7, 11) is 0. The second-order valence-electron chi connectivity index (χ2n) is 4.74. The van der Waals surface area contributed by atoms with Gasteiger partial charge in [0.1, 0.15) is 5.69 Å². The van der Waals surface area contributed by atoms with E-state index in [1.807, 2.05) is 0 Å². The highest BCUT2D eigenvalue weighted by Gasteiger charge is 2.33. The fourth-order valence-corrected chi connectivity index (χ4v) is 2.95. The molecule has 1 aliphatic heterocycles. The molecule has 1 heterocycles. The van der Waals surface area contributed by atoms with E-state index in [0.717, 1.165) is 0 Å². The van der Waals surface area contributed by atoms with Gasteiger partial charge in [0.05, 0.1) is 11.5 Å². The minimum Gasteiger partial charge on any atom is -0.362 e. The first-order chi connectivity index (χ1) is 9.78. The molecule has 1 aliphatic rings. The van der Waals surface area contributed by atoms with E-state index in [9.17, 15) is 23.3 Å². The van der Waals surface area contributed by atoms with E-state index in [1.165, 1.54) is 11.0 Å². The highest BCUT2D eigenvalue weighted by atomic mass is 79.9. The monoisotopic (exact) mass is 367 g/mol. The Morgan fingerprint density at radius 3 is 2.38 bits per heavy atom. The molecule has 0 atom stereocenters. The molecule has 0 unspecified atom stereocenters. The summed E-state index contributed by atoms with van der Waals surface area (Å²) in [6.45, 7) is 0.133. The maximum Gasteiger partial charge on any atom is 0.401 e. The summed E-state index contributed by atoms with van der Waals surface area (Å²) in [6.07, 6.45) is -4.22. The number of nitro benzene ring substituents is 1. The van der Waals surface area contributed by atoms with Gasteiger partial charge in [-0.25, -0.2) is 0 Å². The van der Waals surface area contributed by atoms with Gasteiger partial charge in [0, 0.05) is 36.7 Å². The predicted molar refractivity (Wildman–Crippen MR) is 75.5 cm³/mol. The molecule has 0 N–H and O–H groups in total. The summed E-state index contributed by atoms with van der Waals surface area (Å²) in [5.41, 5.74) is 0.378. The number of rotatable bonds is 3. The second kappa shape index (κ2) is 6.18. The third-order valence-corrected chi connectivity index (χ3v) is 3.89. The lowest BCUT2D eigenvalue weighted by Crippen LogP contribution is -2.49. The molecular formula is C12H13BrF3N3O2. The van der Waals surface area contributed by atoms with Gasteiger partial charge in [-0.15, -0.1) is 0 Å². The van der Waals surface area contributed by atoms with Crippen LogP contribution in [0.15, 0.2) is 22.7 Å². The van der Waals surface area contributed by atoms with E-state index in [-0.39, 0.29) is 18.8 Å². The van der Waals surface area contributed by atoms with E-state index < -0.39 is 17.6 Å². The molecule has 2 rings (SSSR count). The van der Waals surface area contributed by atoms with Crippen LogP contribution in [0.5, 0.6) is 0 Å². The number of nitrogens with zero attached hydrogens (tertiary/aromatic N) is 3. The van der Waals surface area contributed by atoms with Crippen LogP contribution in [-0.4, -0.2) is 48.7 Å². The first-order valence-electron chi connectivity index (χ1n) is 6.25. The smallest absolute Gasteiger partial charge is 0.362 e. The van der Waals surface area contributed by atoms with Crippen LogP contribution >= 0.6 is 15.9 Å². The predicted octanol–water partition coefficient (Wildman–Crippen LogP) is 3.04. The van der Waals surface area contributed by atoms with Crippen LogP contribution < -0.4 is 4.90 Å². The number of para-hydroxylation sites is 1. The van der Waals surface area contributed by atoms with E-state index in [4.69, 9.17) is 0 Å². The molecule has 1 saturated heterocycles. The SMILES string of the molecule is O=[N+]([O-])c1cccc(Br)c1N1CCN(CC(F)(F)F)CC1. The summed E-state index contributed by atoms with van der Waals surface area (Å²) < 4.78 is 37.6. The van der Waals surface area contributed by atoms with Crippen LogP contribution in [0, 0.1) is 10.1 Å². The lowest BCUT2D eigenvalue weighted by molar-refractivity contribution is -0.384. The molecule has 0 saturated carbocycles. The van der Waals surface area contributed by atoms with Gasteiger partial charge in [0.15, 0.2) is 0 Å². The Hall–Kier alpha value is -1.35. The molecule has 1 aromatic rings. The highest BCUT2D eigenvalue weighted by molar-refractivity contribution is 9.10. The van der Waals surface area contributed by atoms with Crippen molar-refractivity contribution < 1.29 is 18.1 Å². The maximum absolute atomic E-state index is 12.3. The van der Waals surface area contributed by atoms with E-state index in [1.54, 1.807) is 17.0 Å². The fraction of sp³-hybridized carbons (Fsp3) is 0.500. The van der Waals surface area contributed by atoms with Crippen molar-refractivity contribution in [3.63, 3.8) is 0 Å². The zero-order chi connectivity index (χ0) is 15.6. The van der Waals surface area contributed by atoms with Gasteiger partial charge in [-0.3, -0.25) is 15.0 Å². The third kappa shape index (κ3) is 4.07. The second-order valence-corrected chi connectivity index (χ2v) is 5.60. The Balaban J connectivity index is 2.11. The molecule has 0 radical (unpaired) electrons. The molecule has 0 bridgehead atoms. The van der Waals surface area contributed by atoms with Crippen LogP contribution in [0.2, 0.25) is 0 Å². The summed E-state index contributed by atoms with van der Waals surface area (Å²) in [5, 5.41) is 11.1. The topological polar surface area (TPSA) is 49.6 Å². The van der Waals surface area contributed by atoms with Gasteiger partial charge < -0.3 is 4.90 Å². The minimum atomic E-state index is -4.22. The Bertz CT molecular complexity index is 531. The first kappa shape index (κ1) is 16.0. The minimum absolute atomic E-state index is 0.0475. The fourth-order valence-electron chi connectivity index (χ4n) is 2.35. The van der Waals surface area contributed by atoms with Gasteiger partial charge in [-0.2, -0.15) is 13.2 Å². The van der Waals surface area contributed by atoms with Crippen molar-refractivity contribution in [2.45, 2.75) is 6.18 Å². The van der Waals surface area contributed by atoms with Crippen molar-refractivity contribution in [2.24, 2.45) is 0 Å².